The number of rotatable bonds is 34. The van der Waals surface area contributed by atoms with E-state index in [1.165, 1.54) is 193 Å². The molecule has 0 amide bonds. The zero-order valence-corrected chi connectivity index (χ0v) is 30.9. The Morgan fingerprint density at radius 1 is 0.452 bits per heavy atom. The summed E-state index contributed by atoms with van der Waals surface area (Å²) in [5, 5.41) is 0. The van der Waals surface area contributed by atoms with Crippen LogP contribution in [0.1, 0.15) is 206 Å². The quantitative estimate of drug-likeness (QED) is 0.0305. The molecule has 2 nitrogen and oxygen atoms in total. The third kappa shape index (κ3) is 30.1. The van der Waals surface area contributed by atoms with E-state index in [9.17, 15) is 0 Å². The molecule has 0 aliphatic heterocycles. The lowest BCUT2D eigenvalue weighted by molar-refractivity contribution is -0.876. The number of allylic oxidation sites excluding steroid dienone is 2. The standard InChI is InChI=1S/C39H80NOP/c1-6-8-10-12-14-16-18-20-22-23-25-27-29-31-33-35-37-39(41-42,38-40(3,4)5)36-34-32-30-28-26-24-21-19-17-15-13-11-9-7-2/h20,22,42H,6-19,21,23-38H2,1-5H3/b22-20-. The topological polar surface area (TPSA) is 9.23 Å². The maximum absolute atomic E-state index is 6.13. The molecule has 0 aromatic rings. The highest BCUT2D eigenvalue weighted by molar-refractivity contribution is 7.09. The molecule has 0 rings (SSSR count). The van der Waals surface area contributed by atoms with Crippen molar-refractivity contribution >= 4 is 9.47 Å². The molecule has 252 valence electrons. The summed E-state index contributed by atoms with van der Waals surface area (Å²) in [7, 11) is 10.5. The van der Waals surface area contributed by atoms with Gasteiger partial charge >= 0.3 is 0 Å². The predicted octanol–water partition coefficient (Wildman–Crippen LogP) is 13.8. The molecule has 0 fully saturated rings. The van der Waals surface area contributed by atoms with E-state index in [2.05, 4.69) is 56.6 Å². The second-order valence-electron chi connectivity index (χ2n) is 14.8. The van der Waals surface area contributed by atoms with Crippen molar-refractivity contribution in [2.24, 2.45) is 0 Å². The molecule has 0 saturated carbocycles. The lowest BCUT2D eigenvalue weighted by atomic mass is 9.88. The lowest BCUT2D eigenvalue weighted by Gasteiger charge is -2.42. The van der Waals surface area contributed by atoms with Gasteiger partial charge in [-0.1, -0.05) is 180 Å². The van der Waals surface area contributed by atoms with E-state index >= 15 is 0 Å². The van der Waals surface area contributed by atoms with Crippen LogP contribution in [-0.2, 0) is 4.52 Å². The third-order valence-electron chi connectivity index (χ3n) is 9.11. The first-order chi connectivity index (χ1) is 20.4. The van der Waals surface area contributed by atoms with Crippen LogP contribution in [0.3, 0.4) is 0 Å². The summed E-state index contributed by atoms with van der Waals surface area (Å²) in [6.45, 7) is 5.68. The van der Waals surface area contributed by atoms with Gasteiger partial charge in [0.05, 0.1) is 26.7 Å². The molecule has 42 heavy (non-hydrogen) atoms. The predicted molar refractivity (Wildman–Crippen MR) is 194 cm³/mol. The van der Waals surface area contributed by atoms with Gasteiger partial charge in [-0.15, -0.1) is 0 Å². The smallest absolute Gasteiger partial charge is 0.105 e. The van der Waals surface area contributed by atoms with Crippen LogP contribution in [0, 0.1) is 0 Å². The molecule has 3 heteroatoms. The van der Waals surface area contributed by atoms with Crippen LogP contribution in [0.4, 0.5) is 0 Å². The van der Waals surface area contributed by atoms with Gasteiger partial charge in [0.2, 0.25) is 0 Å². The molecule has 0 bridgehead atoms. The number of unbranched alkanes of at least 4 members (excludes halogenated alkanes) is 25. The van der Waals surface area contributed by atoms with Crippen molar-refractivity contribution in [1.29, 1.82) is 0 Å². The Labute approximate surface area is 269 Å². The molecule has 0 radical (unpaired) electrons. The average Bonchev–Trinajstić information content (AvgIpc) is 2.96. The van der Waals surface area contributed by atoms with E-state index in [0.29, 0.717) is 0 Å². The van der Waals surface area contributed by atoms with E-state index in [1.807, 2.05) is 0 Å². The van der Waals surface area contributed by atoms with Gasteiger partial charge in [0, 0.05) is 0 Å². The first kappa shape index (κ1) is 42.1. The van der Waals surface area contributed by atoms with Crippen LogP contribution >= 0.6 is 9.47 Å². The van der Waals surface area contributed by atoms with Gasteiger partial charge in [-0.3, -0.25) is 0 Å². The minimum Gasteiger partial charge on any atom is -0.552 e. The molecule has 0 N–H and O–H groups in total. The van der Waals surface area contributed by atoms with E-state index in [1.54, 1.807) is 0 Å². The van der Waals surface area contributed by atoms with Crippen LogP contribution in [0.5, 0.6) is 0 Å². The molecule has 0 aromatic heterocycles. The van der Waals surface area contributed by atoms with Crippen molar-refractivity contribution < 1.29 is 9.01 Å². The normalized spacial score (nSPS) is 13.8. The first-order valence-corrected chi connectivity index (χ1v) is 19.6. The molecule has 0 aromatic carbocycles. The number of nitrogens with zero attached hydrogens (tertiary/aromatic N) is 1. The van der Waals surface area contributed by atoms with Crippen molar-refractivity contribution in [3.05, 3.63) is 12.2 Å². The first-order valence-electron chi connectivity index (χ1n) is 19.2. The van der Waals surface area contributed by atoms with E-state index in [0.717, 1.165) is 11.0 Å². The highest BCUT2D eigenvalue weighted by Crippen LogP contribution is 2.31. The molecule has 0 aliphatic carbocycles. The van der Waals surface area contributed by atoms with Gasteiger partial charge in [0.25, 0.3) is 0 Å². The van der Waals surface area contributed by atoms with Crippen LogP contribution in [0.25, 0.3) is 0 Å². The van der Waals surface area contributed by atoms with Gasteiger partial charge in [-0.2, -0.15) is 0 Å². The highest BCUT2D eigenvalue weighted by Gasteiger charge is 2.32. The Bertz CT molecular complexity index is 557. The van der Waals surface area contributed by atoms with Crippen molar-refractivity contribution in [3.63, 3.8) is 0 Å². The summed E-state index contributed by atoms with van der Waals surface area (Å²) in [6, 6.07) is 0. The Morgan fingerprint density at radius 3 is 1.02 bits per heavy atom. The number of quaternary nitrogens is 1. The maximum atomic E-state index is 6.13. The minimum atomic E-state index is -0.0208. The minimum absolute atomic E-state index is 0.0208. The average molecular weight is 610 g/mol. The Morgan fingerprint density at radius 2 is 0.738 bits per heavy atom. The molecular weight excluding hydrogens is 529 g/mol. The van der Waals surface area contributed by atoms with Crippen LogP contribution < -0.4 is 0 Å². The third-order valence-corrected chi connectivity index (χ3v) is 9.54. The summed E-state index contributed by atoms with van der Waals surface area (Å²) >= 11 is 0. The van der Waals surface area contributed by atoms with Crippen molar-refractivity contribution in [2.45, 2.75) is 212 Å². The molecule has 1 unspecified atom stereocenters. The zero-order chi connectivity index (χ0) is 31.0. The van der Waals surface area contributed by atoms with Crippen LogP contribution in [0.15, 0.2) is 12.2 Å². The SMILES string of the molecule is CCCCCCCC/C=C\CCCCCCCCC(CCCCCCCCCCCCCCCC)(C[N+](C)(C)C)O[PH-]. The zero-order valence-electron chi connectivity index (χ0n) is 29.9. The Kier molecular flexibility index (Phi) is 31.2. The monoisotopic (exact) mass is 610 g/mol. The van der Waals surface area contributed by atoms with Crippen LogP contribution in [0.2, 0.25) is 0 Å². The van der Waals surface area contributed by atoms with Crippen molar-refractivity contribution in [3.8, 4) is 0 Å². The van der Waals surface area contributed by atoms with E-state index < -0.39 is 0 Å². The molecule has 0 saturated heterocycles. The summed E-state index contributed by atoms with van der Waals surface area (Å²) in [5.41, 5.74) is -0.0208. The van der Waals surface area contributed by atoms with Gasteiger partial charge < -0.3 is 18.5 Å². The second kappa shape index (κ2) is 31.1. The van der Waals surface area contributed by atoms with Gasteiger partial charge in [0.15, 0.2) is 0 Å². The lowest BCUT2D eigenvalue weighted by Crippen LogP contribution is -2.49. The van der Waals surface area contributed by atoms with E-state index in [-0.39, 0.29) is 5.60 Å². The summed E-state index contributed by atoms with van der Waals surface area (Å²) in [4.78, 5) is 0. The van der Waals surface area contributed by atoms with E-state index in [4.69, 9.17) is 4.52 Å². The highest BCUT2D eigenvalue weighted by atomic mass is 31.0. The van der Waals surface area contributed by atoms with Gasteiger partial charge in [-0.25, -0.2) is 0 Å². The fourth-order valence-electron chi connectivity index (χ4n) is 6.62. The van der Waals surface area contributed by atoms with Crippen molar-refractivity contribution in [1.82, 2.24) is 0 Å². The largest absolute Gasteiger partial charge is 0.552 e. The Balaban J connectivity index is 3.92. The molecule has 0 aliphatic rings. The fourth-order valence-corrected chi connectivity index (χ4v) is 6.89. The number of likely N-dealkylation sites (N-methyl/N-ethyl adjacent to an activating group) is 1. The number of hydrogen-bond donors (Lipinski definition) is 0. The Hall–Kier alpha value is 0.0900. The summed E-state index contributed by atoms with van der Waals surface area (Å²) in [6.07, 6.45) is 46.3. The van der Waals surface area contributed by atoms with Crippen LogP contribution in [-0.4, -0.2) is 37.8 Å². The molecule has 1 atom stereocenters. The summed E-state index contributed by atoms with van der Waals surface area (Å²) in [5.74, 6) is 0. The van der Waals surface area contributed by atoms with Gasteiger partial charge in [-0.05, 0) is 38.5 Å². The molecule has 0 spiro atoms. The maximum Gasteiger partial charge on any atom is 0.105 e. The van der Waals surface area contributed by atoms with Crippen molar-refractivity contribution in [2.75, 3.05) is 27.7 Å². The second-order valence-corrected chi connectivity index (χ2v) is 15.0. The summed E-state index contributed by atoms with van der Waals surface area (Å²) < 4.78 is 7.10. The molecule has 0 heterocycles. The fraction of sp³-hybridized carbons (Fsp3) is 0.949. The number of hydrogen-bond acceptors (Lipinski definition) is 1. The molecular formula is C39H80NOP. The van der Waals surface area contributed by atoms with Gasteiger partial charge in [0.1, 0.15) is 6.54 Å².